The van der Waals surface area contributed by atoms with E-state index in [1.165, 1.54) is 0 Å². The van der Waals surface area contributed by atoms with E-state index in [0.717, 1.165) is 5.56 Å². The molecule has 2 aromatic rings. The number of aldehydes is 1. The molecule has 0 saturated carbocycles. The number of carbonyl (C=O) groups is 2. The van der Waals surface area contributed by atoms with Crippen molar-refractivity contribution in [2.24, 2.45) is 0 Å². The summed E-state index contributed by atoms with van der Waals surface area (Å²) in [6.45, 7) is 0.356. The molecule has 0 aromatic heterocycles. The summed E-state index contributed by atoms with van der Waals surface area (Å²) in [5, 5.41) is 2.80. The van der Waals surface area contributed by atoms with Crippen molar-refractivity contribution in [1.82, 2.24) is 10.0 Å². The SMILES string of the molecule is O=CCN[S+]([O-])c1ccccc1C(=O)NCc1ccccc1. The van der Waals surface area contributed by atoms with Gasteiger partial charge in [0.2, 0.25) is 0 Å². The summed E-state index contributed by atoms with van der Waals surface area (Å²) >= 11 is -1.61. The van der Waals surface area contributed by atoms with E-state index < -0.39 is 11.4 Å². The molecule has 0 aliphatic heterocycles. The number of carbonyl (C=O) groups excluding carboxylic acids is 2. The Hall–Kier alpha value is -2.15. The molecule has 2 aromatic carbocycles. The zero-order chi connectivity index (χ0) is 15.8. The van der Waals surface area contributed by atoms with Crippen molar-refractivity contribution in [2.75, 3.05) is 6.54 Å². The van der Waals surface area contributed by atoms with Crippen LogP contribution in [0, 0.1) is 0 Å². The van der Waals surface area contributed by atoms with Gasteiger partial charge in [-0.15, -0.1) is 4.72 Å². The molecule has 2 rings (SSSR count). The Bertz CT molecular complexity index is 634. The third kappa shape index (κ3) is 4.42. The first kappa shape index (κ1) is 16.2. The molecule has 5 nitrogen and oxygen atoms in total. The van der Waals surface area contributed by atoms with Crippen LogP contribution in [-0.4, -0.2) is 23.3 Å². The number of hydrogen-bond acceptors (Lipinski definition) is 4. The first-order chi connectivity index (χ1) is 10.7. The summed E-state index contributed by atoms with van der Waals surface area (Å²) in [6, 6.07) is 16.1. The van der Waals surface area contributed by atoms with E-state index in [-0.39, 0.29) is 12.5 Å². The van der Waals surface area contributed by atoms with E-state index in [2.05, 4.69) is 10.0 Å². The van der Waals surface area contributed by atoms with Crippen molar-refractivity contribution < 1.29 is 14.1 Å². The summed E-state index contributed by atoms with van der Waals surface area (Å²) in [4.78, 5) is 23.0. The van der Waals surface area contributed by atoms with Crippen molar-refractivity contribution in [2.45, 2.75) is 11.4 Å². The molecule has 22 heavy (non-hydrogen) atoms. The standard InChI is InChI=1S/C16H16N2O3S/c19-11-10-18-22(21)15-9-5-4-8-14(15)16(20)17-12-13-6-2-1-3-7-13/h1-9,11,18H,10,12H2,(H,17,20). The van der Waals surface area contributed by atoms with E-state index in [1.54, 1.807) is 24.3 Å². The molecule has 1 atom stereocenters. The lowest BCUT2D eigenvalue weighted by Gasteiger charge is -2.13. The van der Waals surface area contributed by atoms with Crippen LogP contribution in [0.1, 0.15) is 15.9 Å². The van der Waals surface area contributed by atoms with Crippen LogP contribution in [0.2, 0.25) is 0 Å². The van der Waals surface area contributed by atoms with Crippen molar-refractivity contribution in [3.05, 3.63) is 65.7 Å². The minimum absolute atomic E-state index is 0.0351. The zero-order valence-corrected chi connectivity index (χ0v) is 12.6. The highest BCUT2D eigenvalue weighted by atomic mass is 32.2. The van der Waals surface area contributed by atoms with Gasteiger partial charge in [0.25, 0.3) is 5.91 Å². The summed E-state index contributed by atoms with van der Waals surface area (Å²) in [6.07, 6.45) is 0.621. The maximum absolute atomic E-state index is 12.3. The lowest BCUT2D eigenvalue weighted by molar-refractivity contribution is -0.106. The molecule has 1 amide bonds. The topological polar surface area (TPSA) is 81.3 Å². The Morgan fingerprint density at radius 2 is 1.77 bits per heavy atom. The van der Waals surface area contributed by atoms with Crippen molar-refractivity contribution in [3.63, 3.8) is 0 Å². The van der Waals surface area contributed by atoms with Gasteiger partial charge in [0.15, 0.2) is 4.90 Å². The Morgan fingerprint density at radius 1 is 1.09 bits per heavy atom. The average Bonchev–Trinajstić information content (AvgIpc) is 2.58. The first-order valence-corrected chi connectivity index (χ1v) is 7.87. The molecule has 1 unspecified atom stereocenters. The van der Waals surface area contributed by atoms with Crippen LogP contribution in [0.5, 0.6) is 0 Å². The number of rotatable bonds is 7. The van der Waals surface area contributed by atoms with Crippen molar-refractivity contribution in [1.29, 1.82) is 0 Å². The largest absolute Gasteiger partial charge is 0.593 e. The van der Waals surface area contributed by atoms with Gasteiger partial charge in [-0.25, -0.2) is 0 Å². The van der Waals surface area contributed by atoms with Gasteiger partial charge in [-0.3, -0.25) is 4.79 Å². The fourth-order valence-corrected chi connectivity index (χ4v) is 2.81. The highest BCUT2D eigenvalue weighted by Crippen LogP contribution is 2.15. The van der Waals surface area contributed by atoms with Crippen LogP contribution in [0.4, 0.5) is 0 Å². The molecular weight excluding hydrogens is 300 g/mol. The van der Waals surface area contributed by atoms with E-state index in [9.17, 15) is 14.1 Å². The number of nitrogens with one attached hydrogen (secondary N) is 2. The highest BCUT2D eigenvalue weighted by Gasteiger charge is 2.20. The molecule has 0 bridgehead atoms. The van der Waals surface area contributed by atoms with E-state index in [1.807, 2.05) is 30.3 Å². The van der Waals surface area contributed by atoms with Crippen LogP contribution in [-0.2, 0) is 22.7 Å². The molecule has 6 heteroatoms. The molecule has 0 heterocycles. The van der Waals surface area contributed by atoms with E-state index >= 15 is 0 Å². The van der Waals surface area contributed by atoms with Gasteiger partial charge >= 0.3 is 0 Å². The maximum Gasteiger partial charge on any atom is 0.256 e. The summed E-state index contributed by atoms with van der Waals surface area (Å²) in [7, 11) is 0. The van der Waals surface area contributed by atoms with Crippen LogP contribution in [0.25, 0.3) is 0 Å². The molecule has 0 aliphatic rings. The number of hydrogen-bond donors (Lipinski definition) is 2. The second-order valence-electron chi connectivity index (χ2n) is 4.45. The Labute approximate surface area is 132 Å². The Morgan fingerprint density at radius 3 is 2.50 bits per heavy atom. The van der Waals surface area contributed by atoms with Crippen LogP contribution >= 0.6 is 0 Å². The van der Waals surface area contributed by atoms with Gasteiger partial charge in [-0.2, -0.15) is 0 Å². The third-order valence-corrected chi connectivity index (χ3v) is 4.11. The molecule has 0 spiro atoms. The minimum atomic E-state index is -1.61. The Balaban J connectivity index is 2.07. The minimum Gasteiger partial charge on any atom is -0.593 e. The van der Waals surface area contributed by atoms with Gasteiger partial charge in [-0.1, -0.05) is 42.5 Å². The number of benzene rings is 2. The predicted molar refractivity (Wildman–Crippen MR) is 84.5 cm³/mol. The molecular formula is C16H16N2O3S. The monoisotopic (exact) mass is 316 g/mol. The molecule has 0 aliphatic carbocycles. The fourth-order valence-electron chi connectivity index (χ4n) is 1.88. The Kier molecular flexibility index (Phi) is 6.14. The van der Waals surface area contributed by atoms with Gasteiger partial charge in [-0.05, 0) is 17.7 Å². The average molecular weight is 316 g/mol. The lowest BCUT2D eigenvalue weighted by atomic mass is 10.2. The second kappa shape index (κ2) is 8.33. The lowest BCUT2D eigenvalue weighted by Crippen LogP contribution is -2.30. The van der Waals surface area contributed by atoms with Gasteiger partial charge in [0.05, 0.1) is 23.5 Å². The smallest absolute Gasteiger partial charge is 0.256 e. The van der Waals surface area contributed by atoms with Gasteiger partial charge in [0.1, 0.15) is 6.29 Å². The fraction of sp³-hybridized carbons (Fsp3) is 0.125. The molecule has 0 fully saturated rings. The molecule has 0 radical (unpaired) electrons. The first-order valence-electron chi connectivity index (χ1n) is 6.72. The number of amides is 1. The normalized spacial score (nSPS) is 11.7. The molecule has 0 saturated heterocycles. The summed E-state index contributed by atoms with van der Waals surface area (Å²) in [5.41, 5.74) is 1.31. The zero-order valence-electron chi connectivity index (χ0n) is 11.8. The summed E-state index contributed by atoms with van der Waals surface area (Å²) < 4.78 is 14.6. The second-order valence-corrected chi connectivity index (χ2v) is 5.71. The highest BCUT2D eigenvalue weighted by molar-refractivity contribution is 7.89. The van der Waals surface area contributed by atoms with Crippen LogP contribution in [0.3, 0.4) is 0 Å². The van der Waals surface area contributed by atoms with Crippen molar-refractivity contribution >= 4 is 23.6 Å². The van der Waals surface area contributed by atoms with Gasteiger partial charge < -0.3 is 14.7 Å². The molecule has 114 valence electrons. The summed E-state index contributed by atoms with van der Waals surface area (Å²) in [5.74, 6) is -0.305. The third-order valence-electron chi connectivity index (χ3n) is 2.93. The van der Waals surface area contributed by atoms with Crippen molar-refractivity contribution in [3.8, 4) is 0 Å². The van der Waals surface area contributed by atoms with E-state index in [0.29, 0.717) is 23.3 Å². The van der Waals surface area contributed by atoms with E-state index in [4.69, 9.17) is 0 Å². The predicted octanol–water partition coefficient (Wildman–Crippen LogP) is 1.43. The van der Waals surface area contributed by atoms with Crippen LogP contribution < -0.4 is 10.0 Å². The van der Waals surface area contributed by atoms with Crippen LogP contribution in [0.15, 0.2) is 59.5 Å². The maximum atomic E-state index is 12.3. The van der Waals surface area contributed by atoms with Gasteiger partial charge in [0, 0.05) is 6.54 Å². The quantitative estimate of drug-likeness (QED) is 0.598. The molecule has 2 N–H and O–H groups in total.